The highest BCUT2D eigenvalue weighted by Gasteiger charge is 2.05. The maximum atomic E-state index is 5.35. The van der Waals surface area contributed by atoms with E-state index >= 15 is 0 Å². The fraction of sp³-hybridized carbons (Fsp3) is 0.385. The topological polar surface area (TPSA) is 53.1 Å². The van der Waals surface area contributed by atoms with E-state index in [-0.39, 0.29) is 6.90 Å². The van der Waals surface area contributed by atoms with Crippen LogP contribution in [-0.2, 0) is 11.3 Å². The second-order valence-corrected chi connectivity index (χ2v) is 6.57. The molecule has 0 bridgehead atoms. The Morgan fingerprint density at radius 1 is 1.28 bits per heavy atom. The number of methoxy groups -OCH3 is 1. The molecular formula is C26H40NO2. The van der Waals surface area contributed by atoms with Gasteiger partial charge in [-0.15, -0.1) is 13.0 Å². The zero-order valence-electron chi connectivity index (χ0n) is 18.7. The van der Waals surface area contributed by atoms with Gasteiger partial charge in [0.2, 0.25) is 0 Å². The Bertz CT molecular complexity index is 727. The van der Waals surface area contributed by atoms with E-state index in [1.807, 2.05) is 31.3 Å². The van der Waals surface area contributed by atoms with Crippen molar-refractivity contribution in [2.45, 2.75) is 52.6 Å². The number of nitrogens with zero attached hydrogens (tertiary/aromatic N) is 1. The molecule has 0 saturated heterocycles. The zero-order valence-corrected chi connectivity index (χ0v) is 18.7. The molecule has 0 aromatic heterocycles. The van der Waals surface area contributed by atoms with Crippen molar-refractivity contribution in [1.29, 1.82) is 0 Å². The summed E-state index contributed by atoms with van der Waals surface area (Å²) in [5.74, 6) is 2.62. The summed E-state index contributed by atoms with van der Waals surface area (Å²) in [6.45, 7) is 16.2. The predicted octanol–water partition coefficient (Wildman–Crippen LogP) is 6.24. The van der Waals surface area contributed by atoms with E-state index in [9.17, 15) is 0 Å². The molecule has 1 rings (SSSR count). The molecule has 0 fully saturated rings. The molecule has 0 aliphatic heterocycles. The number of aliphatic imine (C=N–C) groups is 1. The summed E-state index contributed by atoms with van der Waals surface area (Å²) in [5, 5.41) is 0. The SMILES string of the molecule is C#Cc1cc(COC)ccc1C=C.O.[CH2]CCCC/C(C(C)=NC)=C(\C)CC=C.[HH]. The van der Waals surface area contributed by atoms with Crippen molar-refractivity contribution in [2.75, 3.05) is 14.2 Å². The zero-order chi connectivity index (χ0) is 21.4. The first-order valence-electron chi connectivity index (χ1n) is 9.72. The van der Waals surface area contributed by atoms with Crippen LogP contribution in [0.2, 0.25) is 0 Å². The van der Waals surface area contributed by atoms with Crippen molar-refractivity contribution in [2.24, 2.45) is 4.99 Å². The van der Waals surface area contributed by atoms with Gasteiger partial charge in [-0.25, -0.2) is 0 Å². The molecule has 0 atom stereocenters. The van der Waals surface area contributed by atoms with Crippen LogP contribution in [0, 0.1) is 19.3 Å². The van der Waals surface area contributed by atoms with Crippen molar-refractivity contribution in [3.63, 3.8) is 0 Å². The van der Waals surface area contributed by atoms with Crippen LogP contribution < -0.4 is 0 Å². The van der Waals surface area contributed by atoms with E-state index in [2.05, 4.69) is 44.8 Å². The summed E-state index contributed by atoms with van der Waals surface area (Å²) in [6, 6.07) is 5.89. The molecule has 1 aromatic carbocycles. The molecule has 0 aliphatic rings. The third-order valence-corrected chi connectivity index (χ3v) is 4.47. The van der Waals surface area contributed by atoms with Gasteiger partial charge in [0.15, 0.2) is 0 Å². The van der Waals surface area contributed by atoms with E-state index in [0.29, 0.717) is 6.61 Å². The van der Waals surface area contributed by atoms with Crippen LogP contribution in [0.5, 0.6) is 0 Å². The third kappa shape index (κ3) is 11.2. The van der Waals surface area contributed by atoms with Gasteiger partial charge in [0, 0.05) is 26.9 Å². The van der Waals surface area contributed by atoms with Gasteiger partial charge < -0.3 is 10.2 Å². The highest BCUT2D eigenvalue weighted by Crippen LogP contribution is 2.18. The van der Waals surface area contributed by atoms with Gasteiger partial charge in [-0.1, -0.05) is 62.1 Å². The number of benzene rings is 1. The van der Waals surface area contributed by atoms with Crippen LogP contribution in [0.3, 0.4) is 0 Å². The van der Waals surface area contributed by atoms with Crippen LogP contribution in [0.1, 0.15) is 64.1 Å². The van der Waals surface area contributed by atoms with Gasteiger partial charge in [-0.3, -0.25) is 4.99 Å². The Labute approximate surface area is 180 Å². The average molecular weight is 399 g/mol. The number of hydrogen-bond donors (Lipinski definition) is 0. The molecule has 0 amide bonds. The lowest BCUT2D eigenvalue weighted by Crippen LogP contribution is -2.01. The third-order valence-electron chi connectivity index (χ3n) is 4.47. The highest BCUT2D eigenvalue weighted by molar-refractivity contribution is 5.98. The summed E-state index contributed by atoms with van der Waals surface area (Å²) in [4.78, 5) is 4.28. The van der Waals surface area contributed by atoms with Crippen LogP contribution >= 0.6 is 0 Å². The molecule has 0 heterocycles. The molecule has 0 saturated carbocycles. The van der Waals surface area contributed by atoms with Crippen molar-refractivity contribution in [3.8, 4) is 12.3 Å². The number of allylic oxidation sites excluding steroid dienone is 3. The fourth-order valence-electron chi connectivity index (χ4n) is 2.82. The fourth-order valence-corrected chi connectivity index (χ4v) is 2.82. The molecule has 161 valence electrons. The lowest BCUT2D eigenvalue weighted by Gasteiger charge is -2.10. The van der Waals surface area contributed by atoms with Crippen molar-refractivity contribution in [3.05, 3.63) is 72.2 Å². The largest absolute Gasteiger partial charge is 0.412 e. The standard InChI is InChI=1S/C14H24N.C12H12O.H2O.H2/c1-6-8-9-11-14(13(4)15-5)12(3)10-7-2;1-4-11-7-6-10(9-13-3)8-12(11)5-2;;/h7H,1-2,6,8-11H2,3-5H3;2,4,6-8H,1,9H2,3H3;1H2;1H/b14-12-,15-13?;;;. The molecule has 0 aliphatic carbocycles. The molecular weight excluding hydrogens is 358 g/mol. The number of unbranched alkanes of at least 4 members (excludes halogenated alkanes) is 2. The first kappa shape index (κ1) is 28.8. The summed E-state index contributed by atoms with van der Waals surface area (Å²) in [5.41, 5.74) is 6.91. The Kier molecular flexibility index (Phi) is 17.5. The van der Waals surface area contributed by atoms with Crippen molar-refractivity contribution < 1.29 is 11.6 Å². The Balaban J connectivity index is -0.000000458. The number of terminal acetylenes is 1. The van der Waals surface area contributed by atoms with Crippen LogP contribution in [0.15, 0.2) is 53.6 Å². The van der Waals surface area contributed by atoms with E-state index in [1.54, 1.807) is 13.2 Å². The van der Waals surface area contributed by atoms with Gasteiger partial charge in [0.25, 0.3) is 0 Å². The van der Waals surface area contributed by atoms with Gasteiger partial charge in [-0.05, 0) is 55.9 Å². The van der Waals surface area contributed by atoms with Gasteiger partial charge in [0.1, 0.15) is 0 Å². The smallest absolute Gasteiger partial charge is 0.0713 e. The molecule has 1 radical (unpaired) electrons. The quantitative estimate of drug-likeness (QED) is 0.199. The molecule has 0 spiro atoms. The summed E-state index contributed by atoms with van der Waals surface area (Å²) in [6.07, 6.45) is 14.6. The van der Waals surface area contributed by atoms with E-state index < -0.39 is 0 Å². The van der Waals surface area contributed by atoms with Crippen LogP contribution in [-0.4, -0.2) is 25.3 Å². The Morgan fingerprint density at radius 2 is 1.97 bits per heavy atom. The second-order valence-electron chi connectivity index (χ2n) is 6.57. The number of ether oxygens (including phenoxy) is 1. The Hall–Kier alpha value is -2.41. The Morgan fingerprint density at radius 3 is 2.45 bits per heavy atom. The molecule has 29 heavy (non-hydrogen) atoms. The normalized spacial score (nSPS) is 11.2. The average Bonchev–Trinajstić information content (AvgIpc) is 2.71. The van der Waals surface area contributed by atoms with Crippen molar-refractivity contribution in [1.82, 2.24) is 0 Å². The minimum atomic E-state index is 0. The summed E-state index contributed by atoms with van der Waals surface area (Å²) in [7, 11) is 3.52. The van der Waals surface area contributed by atoms with Gasteiger partial charge >= 0.3 is 0 Å². The second kappa shape index (κ2) is 17.7. The minimum absolute atomic E-state index is 0. The van der Waals surface area contributed by atoms with Crippen LogP contribution in [0.4, 0.5) is 0 Å². The number of hydrogen-bond acceptors (Lipinski definition) is 2. The van der Waals surface area contributed by atoms with Gasteiger partial charge in [0.05, 0.1) is 6.61 Å². The lowest BCUT2D eigenvalue weighted by molar-refractivity contribution is 0.185. The molecule has 3 nitrogen and oxygen atoms in total. The summed E-state index contributed by atoms with van der Waals surface area (Å²) < 4.78 is 5.01. The van der Waals surface area contributed by atoms with Crippen LogP contribution in [0.25, 0.3) is 6.08 Å². The van der Waals surface area contributed by atoms with Crippen molar-refractivity contribution >= 4 is 11.8 Å². The lowest BCUT2D eigenvalue weighted by atomic mass is 9.97. The van der Waals surface area contributed by atoms with E-state index in [0.717, 1.165) is 36.0 Å². The monoisotopic (exact) mass is 398 g/mol. The van der Waals surface area contributed by atoms with E-state index in [1.165, 1.54) is 29.7 Å². The highest BCUT2D eigenvalue weighted by atomic mass is 16.5. The maximum absolute atomic E-state index is 5.35. The molecule has 1 aromatic rings. The first-order chi connectivity index (χ1) is 13.5. The predicted molar refractivity (Wildman–Crippen MR) is 131 cm³/mol. The number of rotatable bonds is 10. The van der Waals surface area contributed by atoms with E-state index in [4.69, 9.17) is 11.2 Å². The molecule has 2 N–H and O–H groups in total. The maximum Gasteiger partial charge on any atom is 0.0713 e. The first-order valence-corrected chi connectivity index (χ1v) is 9.72. The molecule has 3 heteroatoms. The molecule has 0 unspecified atom stereocenters. The van der Waals surface area contributed by atoms with Gasteiger partial charge in [-0.2, -0.15) is 0 Å². The summed E-state index contributed by atoms with van der Waals surface area (Å²) >= 11 is 0. The minimum Gasteiger partial charge on any atom is -0.412 e.